The molecule has 0 aliphatic carbocycles. The average molecular weight is 500 g/mol. The standard InChI is InChI=1S/C22H21Cl3N2O3S/c1-12-5-13(3-4-16(12)21(28)27-15-9-31(29,30)10-15)19-8-22(2,11-26-19)14-6-17(23)20(25)18(24)7-14/h3-7,15H,8-11H2,1-2H3,(H,27,28). The summed E-state index contributed by atoms with van der Waals surface area (Å²) in [6.45, 7) is 4.57. The quantitative estimate of drug-likeness (QED) is 0.623. The summed E-state index contributed by atoms with van der Waals surface area (Å²) >= 11 is 18.5. The van der Waals surface area contributed by atoms with E-state index in [0.29, 0.717) is 33.6 Å². The number of carbonyl (C=O) groups excluding carboxylic acids is 1. The highest BCUT2D eigenvalue weighted by molar-refractivity contribution is 7.92. The van der Waals surface area contributed by atoms with Crippen molar-refractivity contribution in [3.05, 3.63) is 67.7 Å². The van der Waals surface area contributed by atoms with Crippen molar-refractivity contribution in [2.75, 3.05) is 18.1 Å². The highest BCUT2D eigenvalue weighted by Crippen LogP contribution is 2.40. The fourth-order valence-electron chi connectivity index (χ4n) is 4.05. The monoisotopic (exact) mass is 498 g/mol. The smallest absolute Gasteiger partial charge is 0.251 e. The van der Waals surface area contributed by atoms with Crippen LogP contribution in [0.25, 0.3) is 0 Å². The van der Waals surface area contributed by atoms with E-state index in [1.165, 1.54) is 0 Å². The molecule has 4 rings (SSSR count). The Morgan fingerprint density at radius 3 is 2.35 bits per heavy atom. The highest BCUT2D eigenvalue weighted by atomic mass is 35.5. The number of carbonyl (C=O) groups is 1. The molecule has 0 radical (unpaired) electrons. The van der Waals surface area contributed by atoms with Crippen LogP contribution in [-0.2, 0) is 15.3 Å². The molecule has 5 nitrogen and oxygen atoms in total. The minimum Gasteiger partial charge on any atom is -0.347 e. The number of sulfone groups is 1. The lowest BCUT2D eigenvalue weighted by Crippen LogP contribution is -2.53. The Hall–Kier alpha value is -1.60. The first-order valence-electron chi connectivity index (χ1n) is 9.78. The van der Waals surface area contributed by atoms with Crippen molar-refractivity contribution in [2.24, 2.45) is 4.99 Å². The Kier molecular flexibility index (Phi) is 5.88. The number of benzene rings is 2. The lowest BCUT2D eigenvalue weighted by molar-refractivity contribution is 0.0941. The molecule has 2 aromatic carbocycles. The van der Waals surface area contributed by atoms with E-state index in [4.69, 9.17) is 39.8 Å². The fraction of sp³-hybridized carbons (Fsp3) is 0.364. The van der Waals surface area contributed by atoms with Crippen molar-refractivity contribution in [1.82, 2.24) is 5.32 Å². The number of rotatable bonds is 4. The number of nitrogens with one attached hydrogen (secondary N) is 1. The second-order valence-electron chi connectivity index (χ2n) is 8.53. The molecule has 1 N–H and O–H groups in total. The molecule has 164 valence electrons. The van der Waals surface area contributed by atoms with Gasteiger partial charge in [-0.05, 0) is 47.9 Å². The molecular formula is C22H21Cl3N2O3S. The van der Waals surface area contributed by atoms with Gasteiger partial charge in [0.15, 0.2) is 9.84 Å². The number of aryl methyl sites for hydroxylation is 1. The normalized spacial score (nSPS) is 22.7. The van der Waals surface area contributed by atoms with Crippen LogP contribution in [0.5, 0.6) is 0 Å². The Morgan fingerprint density at radius 1 is 1.13 bits per heavy atom. The van der Waals surface area contributed by atoms with Gasteiger partial charge in [0.25, 0.3) is 5.91 Å². The molecule has 1 amide bonds. The first kappa shape index (κ1) is 22.6. The molecule has 9 heteroatoms. The summed E-state index contributed by atoms with van der Waals surface area (Å²) in [5, 5.41) is 3.97. The molecule has 0 aromatic heterocycles. The zero-order chi connectivity index (χ0) is 22.6. The third-order valence-electron chi connectivity index (χ3n) is 5.91. The van der Waals surface area contributed by atoms with E-state index in [-0.39, 0.29) is 28.9 Å². The number of nitrogens with zero attached hydrogens (tertiary/aromatic N) is 1. The maximum atomic E-state index is 12.5. The van der Waals surface area contributed by atoms with Crippen molar-refractivity contribution in [2.45, 2.75) is 31.7 Å². The molecule has 2 aliphatic heterocycles. The minimum absolute atomic E-state index is 0.00396. The number of hydrogen-bond acceptors (Lipinski definition) is 4. The van der Waals surface area contributed by atoms with Gasteiger partial charge in [-0.3, -0.25) is 9.79 Å². The predicted molar refractivity (Wildman–Crippen MR) is 126 cm³/mol. The number of aliphatic imine (C=N–C) groups is 1. The third-order valence-corrected chi connectivity index (χ3v) is 8.92. The molecule has 0 spiro atoms. The minimum atomic E-state index is -2.98. The van der Waals surface area contributed by atoms with E-state index >= 15 is 0 Å². The van der Waals surface area contributed by atoms with Crippen LogP contribution < -0.4 is 5.32 Å². The zero-order valence-electron chi connectivity index (χ0n) is 17.0. The van der Waals surface area contributed by atoms with Crippen LogP contribution in [-0.4, -0.2) is 44.1 Å². The van der Waals surface area contributed by atoms with E-state index in [1.54, 1.807) is 6.07 Å². The molecule has 1 saturated heterocycles. The van der Waals surface area contributed by atoms with Gasteiger partial charge in [-0.1, -0.05) is 47.8 Å². The summed E-state index contributed by atoms with van der Waals surface area (Å²) in [6, 6.07) is 8.96. The van der Waals surface area contributed by atoms with Gasteiger partial charge in [0, 0.05) is 29.7 Å². The summed E-state index contributed by atoms with van der Waals surface area (Å²) in [7, 11) is -2.98. The molecule has 0 saturated carbocycles. The first-order chi connectivity index (χ1) is 14.5. The maximum Gasteiger partial charge on any atom is 0.251 e. The summed E-state index contributed by atoms with van der Waals surface area (Å²) in [5.74, 6) is -0.249. The van der Waals surface area contributed by atoms with Crippen LogP contribution in [0.1, 0.15) is 40.4 Å². The van der Waals surface area contributed by atoms with Gasteiger partial charge in [0.2, 0.25) is 0 Å². The van der Waals surface area contributed by atoms with Gasteiger partial charge in [0.1, 0.15) is 0 Å². The molecule has 31 heavy (non-hydrogen) atoms. The predicted octanol–water partition coefficient (Wildman–Crippen LogP) is 4.63. The zero-order valence-corrected chi connectivity index (χ0v) is 20.1. The van der Waals surface area contributed by atoms with Gasteiger partial charge < -0.3 is 5.32 Å². The molecule has 2 aliphatic rings. The molecule has 2 aromatic rings. The van der Waals surface area contributed by atoms with Crippen LogP contribution in [0.2, 0.25) is 15.1 Å². The van der Waals surface area contributed by atoms with Gasteiger partial charge in [-0.2, -0.15) is 0 Å². The molecule has 1 fully saturated rings. The Bertz CT molecular complexity index is 1190. The number of halogens is 3. The lowest BCUT2D eigenvalue weighted by atomic mass is 9.79. The maximum absolute atomic E-state index is 12.5. The lowest BCUT2D eigenvalue weighted by Gasteiger charge is -2.26. The largest absolute Gasteiger partial charge is 0.347 e. The number of amides is 1. The third kappa shape index (κ3) is 4.49. The van der Waals surface area contributed by atoms with E-state index in [1.807, 2.05) is 31.2 Å². The average Bonchev–Trinajstić information content (AvgIpc) is 3.07. The van der Waals surface area contributed by atoms with Crippen LogP contribution in [0.3, 0.4) is 0 Å². The topological polar surface area (TPSA) is 75.6 Å². The molecule has 1 unspecified atom stereocenters. The molecular weight excluding hydrogens is 479 g/mol. The van der Waals surface area contributed by atoms with Crippen molar-refractivity contribution in [3.63, 3.8) is 0 Å². The van der Waals surface area contributed by atoms with Crippen molar-refractivity contribution < 1.29 is 13.2 Å². The second-order valence-corrected chi connectivity index (χ2v) is 11.9. The van der Waals surface area contributed by atoms with Crippen molar-refractivity contribution in [1.29, 1.82) is 0 Å². The van der Waals surface area contributed by atoms with E-state index in [9.17, 15) is 13.2 Å². The van der Waals surface area contributed by atoms with Crippen molar-refractivity contribution in [3.8, 4) is 0 Å². The Morgan fingerprint density at radius 2 is 1.77 bits per heavy atom. The SMILES string of the molecule is Cc1cc(C2=NCC(C)(c3cc(Cl)c(Cl)c(Cl)c3)C2)ccc1C(=O)NC1CS(=O)(=O)C1. The van der Waals surface area contributed by atoms with Gasteiger partial charge in [0.05, 0.1) is 32.6 Å². The van der Waals surface area contributed by atoms with Crippen molar-refractivity contribution >= 4 is 56.3 Å². The van der Waals surface area contributed by atoms with Crippen LogP contribution in [0, 0.1) is 6.92 Å². The summed E-state index contributed by atoms with van der Waals surface area (Å²) in [6.07, 6.45) is 0.701. The summed E-state index contributed by atoms with van der Waals surface area (Å²) < 4.78 is 22.6. The highest BCUT2D eigenvalue weighted by Gasteiger charge is 2.36. The van der Waals surface area contributed by atoms with E-state index in [0.717, 1.165) is 22.4 Å². The van der Waals surface area contributed by atoms with E-state index < -0.39 is 9.84 Å². The molecule has 2 heterocycles. The van der Waals surface area contributed by atoms with E-state index in [2.05, 4.69) is 12.2 Å². The van der Waals surface area contributed by atoms with Gasteiger partial charge in [-0.15, -0.1) is 0 Å². The summed E-state index contributed by atoms with van der Waals surface area (Å²) in [5.41, 5.74) is 3.97. The Labute approximate surface area is 196 Å². The van der Waals surface area contributed by atoms with Gasteiger partial charge >= 0.3 is 0 Å². The fourth-order valence-corrected chi connectivity index (χ4v) is 5.94. The van der Waals surface area contributed by atoms with Crippen LogP contribution in [0.4, 0.5) is 0 Å². The molecule has 1 atom stereocenters. The van der Waals surface area contributed by atoms with Crippen LogP contribution in [0.15, 0.2) is 35.3 Å². The second kappa shape index (κ2) is 8.07. The van der Waals surface area contributed by atoms with Gasteiger partial charge in [-0.25, -0.2) is 8.42 Å². The first-order valence-corrected chi connectivity index (χ1v) is 12.7. The Balaban J connectivity index is 1.49. The number of hydrogen-bond donors (Lipinski definition) is 1. The van der Waals surface area contributed by atoms with Crippen LogP contribution >= 0.6 is 34.8 Å². The summed E-state index contributed by atoms with van der Waals surface area (Å²) in [4.78, 5) is 17.3. The molecule has 0 bridgehead atoms.